The summed E-state index contributed by atoms with van der Waals surface area (Å²) in [7, 11) is 0. The molecule has 0 saturated carbocycles. The third-order valence-corrected chi connectivity index (χ3v) is 3.60. The van der Waals surface area contributed by atoms with Crippen molar-refractivity contribution < 1.29 is 9.90 Å². The molecular formula is C17H26N4O2. The summed E-state index contributed by atoms with van der Waals surface area (Å²) >= 11 is 0. The number of hydrogen-bond donors (Lipinski definition) is 3. The molecule has 2 aromatic rings. The zero-order valence-corrected chi connectivity index (χ0v) is 14.3. The van der Waals surface area contributed by atoms with Crippen LogP contribution in [0.3, 0.4) is 0 Å². The van der Waals surface area contributed by atoms with Gasteiger partial charge in [-0.1, -0.05) is 13.8 Å². The zero-order chi connectivity index (χ0) is 17.2. The second-order valence-electron chi connectivity index (χ2n) is 7.03. The molecule has 2 rings (SSSR count). The molecule has 0 radical (unpaired) electrons. The van der Waals surface area contributed by atoms with Crippen LogP contribution in [0.15, 0.2) is 18.2 Å². The van der Waals surface area contributed by atoms with Crippen LogP contribution in [0, 0.1) is 5.92 Å². The van der Waals surface area contributed by atoms with Crippen molar-refractivity contribution in [2.45, 2.75) is 52.7 Å². The SMILES string of the molecule is CC(C)CC(=O)Nc1ccc2c(c1)nc(N)n2CCC(C)(C)O. The third kappa shape index (κ3) is 4.69. The fourth-order valence-electron chi connectivity index (χ4n) is 2.43. The van der Waals surface area contributed by atoms with E-state index < -0.39 is 5.60 Å². The highest BCUT2D eigenvalue weighted by atomic mass is 16.3. The molecule has 1 aromatic heterocycles. The fraction of sp³-hybridized carbons (Fsp3) is 0.529. The van der Waals surface area contributed by atoms with Crippen LogP contribution in [0.5, 0.6) is 0 Å². The number of nitrogen functional groups attached to an aromatic ring is 1. The Kier molecular flexibility index (Phi) is 4.94. The van der Waals surface area contributed by atoms with Gasteiger partial charge in [0.15, 0.2) is 0 Å². The largest absolute Gasteiger partial charge is 0.390 e. The highest BCUT2D eigenvalue weighted by Crippen LogP contribution is 2.23. The number of nitrogens with one attached hydrogen (secondary N) is 1. The maximum Gasteiger partial charge on any atom is 0.224 e. The van der Waals surface area contributed by atoms with Crippen molar-refractivity contribution in [1.29, 1.82) is 0 Å². The van der Waals surface area contributed by atoms with Crippen LogP contribution in [-0.2, 0) is 11.3 Å². The number of imidazole rings is 1. The average Bonchev–Trinajstić information content (AvgIpc) is 2.69. The smallest absolute Gasteiger partial charge is 0.224 e. The highest BCUT2D eigenvalue weighted by Gasteiger charge is 2.15. The number of amides is 1. The first kappa shape index (κ1) is 17.3. The molecule has 0 atom stereocenters. The van der Waals surface area contributed by atoms with Crippen LogP contribution in [0.25, 0.3) is 11.0 Å². The van der Waals surface area contributed by atoms with E-state index in [-0.39, 0.29) is 5.91 Å². The predicted octanol–water partition coefficient (Wildman–Crippen LogP) is 2.76. The van der Waals surface area contributed by atoms with Gasteiger partial charge in [-0.05, 0) is 44.4 Å². The van der Waals surface area contributed by atoms with Gasteiger partial charge in [-0.15, -0.1) is 0 Å². The summed E-state index contributed by atoms with van der Waals surface area (Å²) in [6.45, 7) is 8.14. The minimum absolute atomic E-state index is 0.00575. The number of nitrogens with zero attached hydrogens (tertiary/aromatic N) is 2. The lowest BCUT2D eigenvalue weighted by Gasteiger charge is -2.17. The summed E-state index contributed by atoms with van der Waals surface area (Å²) in [5, 5.41) is 12.8. The van der Waals surface area contributed by atoms with Crippen LogP contribution in [-0.4, -0.2) is 26.2 Å². The topological polar surface area (TPSA) is 93.2 Å². The molecule has 6 heteroatoms. The van der Waals surface area contributed by atoms with Crippen LogP contribution < -0.4 is 11.1 Å². The van der Waals surface area contributed by atoms with Crippen molar-refractivity contribution in [3.8, 4) is 0 Å². The molecule has 0 unspecified atom stereocenters. The van der Waals surface area contributed by atoms with Crippen molar-refractivity contribution in [3.63, 3.8) is 0 Å². The predicted molar refractivity (Wildman–Crippen MR) is 93.1 cm³/mol. The minimum atomic E-state index is -0.756. The summed E-state index contributed by atoms with van der Waals surface area (Å²) in [5.41, 5.74) is 7.58. The molecule has 0 fully saturated rings. The number of nitrogens with two attached hydrogens (primary N) is 1. The van der Waals surface area contributed by atoms with E-state index in [9.17, 15) is 9.90 Å². The summed E-state index contributed by atoms with van der Waals surface area (Å²) in [4.78, 5) is 16.2. The summed E-state index contributed by atoms with van der Waals surface area (Å²) in [5.74, 6) is 0.721. The first-order valence-corrected chi connectivity index (χ1v) is 7.94. The van der Waals surface area contributed by atoms with Gasteiger partial charge in [-0.25, -0.2) is 4.98 Å². The molecule has 6 nitrogen and oxygen atoms in total. The maximum atomic E-state index is 11.9. The van der Waals surface area contributed by atoms with Crippen molar-refractivity contribution in [1.82, 2.24) is 9.55 Å². The number of carbonyl (C=O) groups is 1. The molecule has 126 valence electrons. The van der Waals surface area contributed by atoms with Gasteiger partial charge < -0.3 is 20.7 Å². The molecule has 0 aliphatic heterocycles. The monoisotopic (exact) mass is 318 g/mol. The lowest BCUT2D eigenvalue weighted by Crippen LogP contribution is -2.21. The number of carbonyl (C=O) groups excluding carboxylic acids is 1. The summed E-state index contributed by atoms with van der Waals surface area (Å²) in [6, 6.07) is 5.57. The number of benzene rings is 1. The van der Waals surface area contributed by atoms with E-state index in [0.29, 0.717) is 31.3 Å². The van der Waals surface area contributed by atoms with Crippen molar-refractivity contribution >= 4 is 28.6 Å². The maximum absolute atomic E-state index is 11.9. The van der Waals surface area contributed by atoms with E-state index in [1.165, 1.54) is 0 Å². The Bertz CT molecular complexity index is 698. The van der Waals surface area contributed by atoms with Gasteiger partial charge in [0.2, 0.25) is 11.9 Å². The van der Waals surface area contributed by atoms with Crippen LogP contribution in [0.4, 0.5) is 11.6 Å². The molecule has 1 aromatic carbocycles. The molecule has 1 amide bonds. The number of aromatic nitrogens is 2. The molecular weight excluding hydrogens is 292 g/mol. The van der Waals surface area contributed by atoms with Gasteiger partial charge in [0.1, 0.15) is 0 Å². The van der Waals surface area contributed by atoms with Gasteiger partial charge in [0, 0.05) is 18.7 Å². The highest BCUT2D eigenvalue weighted by molar-refractivity contribution is 5.93. The van der Waals surface area contributed by atoms with Gasteiger partial charge >= 0.3 is 0 Å². The molecule has 0 aliphatic rings. The van der Waals surface area contributed by atoms with Crippen molar-refractivity contribution in [3.05, 3.63) is 18.2 Å². The Morgan fingerprint density at radius 3 is 2.74 bits per heavy atom. The Morgan fingerprint density at radius 2 is 2.13 bits per heavy atom. The number of hydrogen-bond acceptors (Lipinski definition) is 4. The lowest BCUT2D eigenvalue weighted by molar-refractivity contribution is -0.116. The van der Waals surface area contributed by atoms with E-state index in [0.717, 1.165) is 16.7 Å². The van der Waals surface area contributed by atoms with Gasteiger partial charge in [-0.3, -0.25) is 4.79 Å². The second-order valence-corrected chi connectivity index (χ2v) is 7.03. The quantitative estimate of drug-likeness (QED) is 0.763. The van der Waals surface area contributed by atoms with Crippen LogP contribution >= 0.6 is 0 Å². The van der Waals surface area contributed by atoms with E-state index in [2.05, 4.69) is 10.3 Å². The van der Waals surface area contributed by atoms with Gasteiger partial charge in [0.05, 0.1) is 16.6 Å². The first-order valence-electron chi connectivity index (χ1n) is 7.94. The summed E-state index contributed by atoms with van der Waals surface area (Å²) in [6.07, 6.45) is 1.07. The Hall–Kier alpha value is -2.08. The van der Waals surface area contributed by atoms with Crippen molar-refractivity contribution in [2.24, 2.45) is 5.92 Å². The molecule has 0 bridgehead atoms. The van der Waals surface area contributed by atoms with Crippen LogP contribution in [0.2, 0.25) is 0 Å². The summed E-state index contributed by atoms with van der Waals surface area (Å²) < 4.78 is 1.88. The Morgan fingerprint density at radius 1 is 1.43 bits per heavy atom. The lowest BCUT2D eigenvalue weighted by atomic mass is 10.1. The van der Waals surface area contributed by atoms with E-state index in [1.807, 2.05) is 36.6 Å². The van der Waals surface area contributed by atoms with Gasteiger partial charge in [-0.2, -0.15) is 0 Å². The van der Waals surface area contributed by atoms with E-state index >= 15 is 0 Å². The number of aryl methyl sites for hydroxylation is 1. The fourth-order valence-corrected chi connectivity index (χ4v) is 2.43. The molecule has 0 spiro atoms. The molecule has 1 heterocycles. The molecule has 23 heavy (non-hydrogen) atoms. The standard InChI is InChI=1S/C17H26N4O2/c1-11(2)9-15(22)19-12-5-6-14-13(10-12)20-16(18)21(14)8-7-17(3,4)23/h5-6,10-11,23H,7-9H2,1-4H3,(H2,18,20)(H,19,22). The first-order chi connectivity index (χ1) is 10.7. The van der Waals surface area contributed by atoms with Crippen LogP contribution in [0.1, 0.15) is 40.5 Å². The number of fused-ring (bicyclic) bond motifs is 1. The van der Waals surface area contributed by atoms with E-state index in [1.54, 1.807) is 13.8 Å². The minimum Gasteiger partial charge on any atom is -0.390 e. The second kappa shape index (κ2) is 6.58. The van der Waals surface area contributed by atoms with Crippen molar-refractivity contribution in [2.75, 3.05) is 11.1 Å². The molecule has 0 saturated heterocycles. The average molecular weight is 318 g/mol. The number of rotatable bonds is 6. The number of anilines is 2. The Labute approximate surface area is 136 Å². The molecule has 4 N–H and O–H groups in total. The molecule has 0 aliphatic carbocycles. The zero-order valence-electron chi connectivity index (χ0n) is 14.3. The van der Waals surface area contributed by atoms with Gasteiger partial charge in [0.25, 0.3) is 0 Å². The number of aliphatic hydroxyl groups is 1. The normalized spacial score (nSPS) is 12.1. The Balaban J connectivity index is 2.20. The third-order valence-electron chi connectivity index (χ3n) is 3.60. The van der Waals surface area contributed by atoms with E-state index in [4.69, 9.17) is 5.73 Å².